The average molecular weight is 686 g/mol. The fourth-order valence-electron chi connectivity index (χ4n) is 5.87. The molecule has 1 aliphatic rings. The van der Waals surface area contributed by atoms with Gasteiger partial charge in [0.15, 0.2) is 0 Å². The summed E-state index contributed by atoms with van der Waals surface area (Å²) in [7, 11) is -4.05. The fourth-order valence-corrected chi connectivity index (χ4v) is 8.17. The maximum atomic E-state index is 14.0. The number of thiazole rings is 1. The molecule has 0 bridgehead atoms. The molecule has 11 nitrogen and oxygen atoms in total. The molecule has 0 saturated carbocycles. The van der Waals surface area contributed by atoms with Gasteiger partial charge in [-0.25, -0.2) is 18.2 Å². The molecule has 2 heterocycles. The summed E-state index contributed by atoms with van der Waals surface area (Å²) in [4.78, 5) is 35.3. The largest absolute Gasteiger partial charge is 0.392 e. The summed E-state index contributed by atoms with van der Waals surface area (Å²) >= 11 is 1.52. The number of nitrogens with one attached hydrogen (secondary N) is 1. The average Bonchev–Trinajstić information content (AvgIpc) is 3.60. The number of aliphatic hydroxyl groups excluding tert-OH is 2. The quantitative estimate of drug-likeness (QED) is 0.209. The van der Waals surface area contributed by atoms with E-state index in [0.29, 0.717) is 25.2 Å². The van der Waals surface area contributed by atoms with Crippen molar-refractivity contribution in [2.75, 3.05) is 26.2 Å². The minimum Gasteiger partial charge on any atom is -0.392 e. The lowest BCUT2D eigenvalue weighted by atomic mass is 9.97. The van der Waals surface area contributed by atoms with Gasteiger partial charge in [0.1, 0.15) is 6.04 Å². The molecule has 2 aromatic carbocycles. The van der Waals surface area contributed by atoms with E-state index in [1.807, 2.05) is 70.3 Å². The molecule has 1 fully saturated rings. The summed E-state index contributed by atoms with van der Waals surface area (Å²) in [5.74, 6) is -0.692. The van der Waals surface area contributed by atoms with Gasteiger partial charge in [-0.05, 0) is 48.4 Å². The van der Waals surface area contributed by atoms with E-state index in [9.17, 15) is 28.2 Å². The number of hydrogen-bond donors (Lipinski definition) is 3. The molecule has 1 aromatic heterocycles. The molecular weight excluding hydrogens is 639 g/mol. The van der Waals surface area contributed by atoms with Gasteiger partial charge in [-0.2, -0.15) is 4.31 Å². The lowest BCUT2D eigenvalue weighted by Gasteiger charge is -2.34. The second-order valence-corrected chi connectivity index (χ2v) is 15.8. The third-order valence-corrected chi connectivity index (χ3v) is 10.8. The summed E-state index contributed by atoms with van der Waals surface area (Å²) in [6, 6.07) is 13.6. The van der Waals surface area contributed by atoms with Gasteiger partial charge in [0.2, 0.25) is 15.9 Å². The first-order valence-corrected chi connectivity index (χ1v) is 18.3. The van der Waals surface area contributed by atoms with Gasteiger partial charge in [-0.1, -0.05) is 70.2 Å². The van der Waals surface area contributed by atoms with Crippen LogP contribution in [0.15, 0.2) is 64.9 Å². The number of hydrogen-bond acceptors (Lipinski definition) is 8. The normalized spacial score (nSPS) is 15.9. The van der Waals surface area contributed by atoms with Crippen LogP contribution in [-0.4, -0.2) is 94.0 Å². The molecule has 4 rings (SSSR count). The molecule has 1 aliphatic heterocycles. The van der Waals surface area contributed by atoms with Crippen LogP contribution in [0.25, 0.3) is 0 Å². The summed E-state index contributed by atoms with van der Waals surface area (Å²) in [5, 5.41) is 27.2. The van der Waals surface area contributed by atoms with Gasteiger partial charge >= 0.3 is 6.03 Å². The van der Waals surface area contributed by atoms with Crippen molar-refractivity contribution in [3.8, 4) is 0 Å². The summed E-state index contributed by atoms with van der Waals surface area (Å²) in [6.07, 6.45) is -1.03. The minimum atomic E-state index is -4.05. The van der Waals surface area contributed by atoms with Crippen LogP contribution in [-0.2, 0) is 34.4 Å². The Hall–Kier alpha value is -3.36. The molecule has 256 valence electrons. The zero-order valence-corrected chi connectivity index (χ0v) is 29.4. The van der Waals surface area contributed by atoms with Crippen molar-refractivity contribution in [2.45, 2.75) is 77.3 Å². The number of aliphatic hydroxyl groups is 2. The molecule has 47 heavy (non-hydrogen) atoms. The highest BCUT2D eigenvalue weighted by Crippen LogP contribution is 2.23. The topological polar surface area (TPSA) is 143 Å². The molecule has 0 spiro atoms. The maximum absolute atomic E-state index is 14.0. The number of urea groups is 1. The van der Waals surface area contributed by atoms with Crippen molar-refractivity contribution < 1.29 is 28.2 Å². The first kappa shape index (κ1) is 36.5. The molecule has 3 N–H and O–H groups in total. The van der Waals surface area contributed by atoms with E-state index in [-0.39, 0.29) is 48.9 Å². The van der Waals surface area contributed by atoms with E-state index in [1.54, 1.807) is 21.9 Å². The fraction of sp³-hybridized carbons (Fsp3) is 0.500. The predicted molar refractivity (Wildman–Crippen MR) is 182 cm³/mol. The van der Waals surface area contributed by atoms with Crippen molar-refractivity contribution in [1.82, 2.24) is 24.4 Å². The third-order valence-electron chi connectivity index (χ3n) is 8.15. The maximum Gasteiger partial charge on any atom is 0.321 e. The van der Waals surface area contributed by atoms with Gasteiger partial charge in [0, 0.05) is 31.6 Å². The Labute approximate surface area is 282 Å². The highest BCUT2D eigenvalue weighted by Gasteiger charge is 2.40. The van der Waals surface area contributed by atoms with Crippen LogP contribution in [0.5, 0.6) is 0 Å². The van der Waals surface area contributed by atoms with Crippen LogP contribution in [0.3, 0.4) is 0 Å². The monoisotopic (exact) mass is 685 g/mol. The van der Waals surface area contributed by atoms with Gasteiger partial charge in [0.05, 0.1) is 40.9 Å². The Morgan fingerprint density at radius 3 is 2.36 bits per heavy atom. The number of carbonyl (C=O) groups excluding carboxylic acids is 2. The molecule has 3 amide bonds. The molecular formula is C34H47N5O6S2. The molecule has 13 heteroatoms. The van der Waals surface area contributed by atoms with Crippen molar-refractivity contribution in [2.24, 2.45) is 11.8 Å². The van der Waals surface area contributed by atoms with Crippen molar-refractivity contribution in [3.05, 3.63) is 81.8 Å². The third kappa shape index (κ3) is 9.38. The molecule has 0 unspecified atom stereocenters. The zero-order valence-electron chi connectivity index (χ0n) is 27.7. The Bertz CT molecular complexity index is 1600. The van der Waals surface area contributed by atoms with E-state index in [0.717, 1.165) is 16.3 Å². The predicted octanol–water partition coefficient (Wildman–Crippen LogP) is 3.64. The Morgan fingerprint density at radius 1 is 1.04 bits per heavy atom. The van der Waals surface area contributed by atoms with Gasteiger partial charge < -0.3 is 25.3 Å². The smallest absolute Gasteiger partial charge is 0.321 e. The SMILES string of the molecule is Cc1nc(CN2CCN([C@H](C(=O)N[C@@H](Cc3ccccc3)[C@@H](O)CN(CC(C)C)S(=O)(=O)c3cccc(CO)c3)C(C)C)C2=O)cs1. The highest BCUT2D eigenvalue weighted by molar-refractivity contribution is 7.89. The van der Waals surface area contributed by atoms with E-state index < -0.39 is 34.1 Å². The zero-order chi connectivity index (χ0) is 34.3. The van der Waals surface area contributed by atoms with E-state index in [2.05, 4.69) is 10.3 Å². The lowest BCUT2D eigenvalue weighted by Crippen LogP contribution is -2.57. The minimum absolute atomic E-state index is 0.0188. The van der Waals surface area contributed by atoms with Crippen LogP contribution in [0, 0.1) is 18.8 Å². The van der Waals surface area contributed by atoms with E-state index in [4.69, 9.17) is 0 Å². The molecule has 3 aromatic rings. The first-order valence-electron chi connectivity index (χ1n) is 16.0. The summed E-state index contributed by atoms with van der Waals surface area (Å²) in [6.45, 7) is 10.2. The van der Waals surface area contributed by atoms with E-state index in [1.165, 1.54) is 27.8 Å². The number of aryl methyl sites for hydroxylation is 1. The van der Waals surface area contributed by atoms with Crippen LogP contribution in [0.1, 0.15) is 49.5 Å². The van der Waals surface area contributed by atoms with Crippen LogP contribution in [0.2, 0.25) is 0 Å². The number of carbonyl (C=O) groups is 2. The first-order chi connectivity index (χ1) is 22.3. The summed E-state index contributed by atoms with van der Waals surface area (Å²) in [5.41, 5.74) is 2.12. The number of nitrogens with zero attached hydrogens (tertiary/aromatic N) is 4. The number of aromatic nitrogens is 1. The molecule has 0 radical (unpaired) electrons. The van der Waals surface area contributed by atoms with E-state index >= 15 is 0 Å². The van der Waals surface area contributed by atoms with Gasteiger partial charge in [-0.15, -0.1) is 11.3 Å². The summed E-state index contributed by atoms with van der Waals surface area (Å²) < 4.78 is 28.9. The Balaban J connectivity index is 1.57. The number of sulfonamides is 1. The number of rotatable bonds is 16. The molecule has 1 saturated heterocycles. The second kappa shape index (κ2) is 16.2. The van der Waals surface area contributed by atoms with Crippen LogP contribution < -0.4 is 5.32 Å². The van der Waals surface area contributed by atoms with Crippen LogP contribution >= 0.6 is 11.3 Å². The van der Waals surface area contributed by atoms with Gasteiger partial charge in [-0.3, -0.25) is 4.79 Å². The second-order valence-electron chi connectivity index (χ2n) is 12.8. The molecule has 0 aliphatic carbocycles. The van der Waals surface area contributed by atoms with Crippen molar-refractivity contribution >= 4 is 33.3 Å². The van der Waals surface area contributed by atoms with Gasteiger partial charge in [0.25, 0.3) is 0 Å². The van der Waals surface area contributed by atoms with Crippen molar-refractivity contribution in [1.29, 1.82) is 0 Å². The molecule has 3 atom stereocenters. The number of benzene rings is 2. The lowest BCUT2D eigenvalue weighted by molar-refractivity contribution is -0.128. The Morgan fingerprint density at radius 2 is 1.74 bits per heavy atom. The van der Waals surface area contributed by atoms with Crippen LogP contribution in [0.4, 0.5) is 4.79 Å². The number of amides is 3. The highest BCUT2D eigenvalue weighted by atomic mass is 32.2. The van der Waals surface area contributed by atoms with Crippen molar-refractivity contribution in [3.63, 3.8) is 0 Å². The standard InChI is InChI=1S/C34H47N5O6S2/c1-23(2)18-38(47(44,45)29-13-9-12-27(16-29)21-40)20-31(41)30(17-26-10-7-6-8-11-26)36-33(42)32(24(3)4)39-15-14-37(34(39)43)19-28-22-46-25(5)35-28/h6-13,16,22-24,30-32,40-41H,14-15,17-21H2,1-5H3,(H,36,42)/t30-,31-,32-/m0/s1. The Kier molecular flexibility index (Phi) is 12.5.